The van der Waals surface area contributed by atoms with Crippen molar-refractivity contribution in [3.8, 4) is 11.5 Å². The summed E-state index contributed by atoms with van der Waals surface area (Å²) in [5.41, 5.74) is 1.06. The SMILES string of the molecule is CNC(=O)C1CCCN1C1COc2cc(O)ccc21. The highest BCUT2D eigenvalue weighted by Crippen LogP contribution is 2.40. The van der Waals surface area contributed by atoms with E-state index in [0.29, 0.717) is 6.61 Å². The molecule has 5 nitrogen and oxygen atoms in total. The number of phenols is 1. The average Bonchev–Trinajstić information content (AvgIpc) is 3.02. The van der Waals surface area contributed by atoms with Crippen LogP contribution in [0.4, 0.5) is 0 Å². The third kappa shape index (κ3) is 2.04. The molecule has 2 aliphatic heterocycles. The lowest BCUT2D eigenvalue weighted by molar-refractivity contribution is -0.125. The molecule has 2 aliphatic rings. The average molecular weight is 262 g/mol. The molecule has 2 atom stereocenters. The predicted octanol–water partition coefficient (Wildman–Crippen LogP) is 1.04. The number of rotatable bonds is 2. The topological polar surface area (TPSA) is 61.8 Å². The van der Waals surface area contributed by atoms with Crippen LogP contribution in [0.5, 0.6) is 11.5 Å². The van der Waals surface area contributed by atoms with Gasteiger partial charge >= 0.3 is 0 Å². The molecule has 2 unspecified atom stereocenters. The lowest BCUT2D eigenvalue weighted by Crippen LogP contribution is -2.44. The van der Waals surface area contributed by atoms with Crippen molar-refractivity contribution in [2.24, 2.45) is 0 Å². The maximum Gasteiger partial charge on any atom is 0.237 e. The molecular formula is C14H18N2O3. The van der Waals surface area contributed by atoms with Crippen molar-refractivity contribution in [2.45, 2.75) is 24.9 Å². The van der Waals surface area contributed by atoms with Crippen LogP contribution in [0.15, 0.2) is 18.2 Å². The van der Waals surface area contributed by atoms with Gasteiger partial charge in [-0.05, 0) is 31.5 Å². The fraction of sp³-hybridized carbons (Fsp3) is 0.500. The Bertz CT molecular complexity index is 503. The lowest BCUT2D eigenvalue weighted by atomic mass is 10.1. The summed E-state index contributed by atoms with van der Waals surface area (Å²) in [6.07, 6.45) is 1.92. The number of carbonyl (C=O) groups is 1. The van der Waals surface area contributed by atoms with Crippen LogP contribution in [-0.2, 0) is 4.79 Å². The predicted molar refractivity (Wildman–Crippen MR) is 70.1 cm³/mol. The van der Waals surface area contributed by atoms with Crippen molar-refractivity contribution in [2.75, 3.05) is 20.2 Å². The summed E-state index contributed by atoms with van der Waals surface area (Å²) in [7, 11) is 1.68. The number of phenolic OH excluding ortho intramolecular Hbond substituents is 1. The van der Waals surface area contributed by atoms with Crippen molar-refractivity contribution < 1.29 is 14.6 Å². The fourth-order valence-electron chi connectivity index (χ4n) is 3.07. The van der Waals surface area contributed by atoms with E-state index in [-0.39, 0.29) is 23.7 Å². The molecule has 0 bridgehead atoms. The van der Waals surface area contributed by atoms with Crippen molar-refractivity contribution in [3.05, 3.63) is 23.8 Å². The van der Waals surface area contributed by atoms with Gasteiger partial charge in [0.25, 0.3) is 0 Å². The Morgan fingerprint density at radius 2 is 2.37 bits per heavy atom. The van der Waals surface area contributed by atoms with Gasteiger partial charge in [-0.3, -0.25) is 9.69 Å². The molecule has 0 aliphatic carbocycles. The van der Waals surface area contributed by atoms with Crippen molar-refractivity contribution in [1.29, 1.82) is 0 Å². The van der Waals surface area contributed by atoms with Crippen molar-refractivity contribution in [3.63, 3.8) is 0 Å². The molecule has 3 rings (SSSR count). The van der Waals surface area contributed by atoms with Crippen LogP contribution >= 0.6 is 0 Å². The molecule has 0 saturated carbocycles. The summed E-state index contributed by atoms with van der Waals surface area (Å²) in [4.78, 5) is 14.1. The molecule has 5 heteroatoms. The zero-order valence-electron chi connectivity index (χ0n) is 10.9. The van der Waals surface area contributed by atoms with Gasteiger partial charge in [0.2, 0.25) is 5.91 Å². The first-order chi connectivity index (χ1) is 9.20. The molecule has 102 valence electrons. The summed E-state index contributed by atoms with van der Waals surface area (Å²) >= 11 is 0. The number of amides is 1. The van der Waals surface area contributed by atoms with Crippen LogP contribution in [0.3, 0.4) is 0 Å². The molecule has 1 fully saturated rings. The number of aromatic hydroxyl groups is 1. The molecule has 2 N–H and O–H groups in total. The van der Waals surface area contributed by atoms with Crippen molar-refractivity contribution >= 4 is 5.91 Å². The van der Waals surface area contributed by atoms with Gasteiger partial charge in [-0.15, -0.1) is 0 Å². The van der Waals surface area contributed by atoms with Crippen LogP contribution in [0.25, 0.3) is 0 Å². The number of carbonyl (C=O) groups excluding carboxylic acids is 1. The Morgan fingerprint density at radius 3 is 3.16 bits per heavy atom. The minimum absolute atomic E-state index is 0.0710. The number of benzene rings is 1. The van der Waals surface area contributed by atoms with Crippen LogP contribution in [-0.4, -0.2) is 42.2 Å². The zero-order chi connectivity index (χ0) is 13.4. The van der Waals surface area contributed by atoms with Crippen LogP contribution < -0.4 is 10.1 Å². The summed E-state index contributed by atoms with van der Waals surface area (Å²) in [5, 5.41) is 12.2. The summed E-state index contributed by atoms with van der Waals surface area (Å²) in [5.74, 6) is 1.01. The zero-order valence-corrected chi connectivity index (χ0v) is 10.9. The van der Waals surface area contributed by atoms with Gasteiger partial charge in [0.05, 0.1) is 12.1 Å². The highest BCUT2D eigenvalue weighted by atomic mass is 16.5. The Hall–Kier alpha value is -1.75. The number of hydrogen-bond donors (Lipinski definition) is 2. The normalized spacial score (nSPS) is 25.9. The van der Waals surface area contributed by atoms with Crippen LogP contribution in [0.2, 0.25) is 0 Å². The first-order valence-electron chi connectivity index (χ1n) is 6.64. The van der Waals surface area contributed by atoms with Crippen molar-refractivity contribution in [1.82, 2.24) is 10.2 Å². The largest absolute Gasteiger partial charge is 0.508 e. The number of ether oxygens (including phenoxy) is 1. The maximum atomic E-state index is 11.9. The van der Waals surface area contributed by atoms with E-state index in [4.69, 9.17) is 4.74 Å². The van der Waals surface area contributed by atoms with Gasteiger partial charge in [-0.2, -0.15) is 0 Å². The minimum Gasteiger partial charge on any atom is -0.508 e. The van der Waals surface area contributed by atoms with E-state index >= 15 is 0 Å². The molecule has 2 heterocycles. The second-order valence-electron chi connectivity index (χ2n) is 5.06. The summed E-state index contributed by atoms with van der Waals surface area (Å²) in [6.45, 7) is 1.46. The number of nitrogens with zero attached hydrogens (tertiary/aromatic N) is 1. The smallest absolute Gasteiger partial charge is 0.237 e. The molecule has 0 radical (unpaired) electrons. The Kier molecular flexibility index (Phi) is 3.06. The number of hydrogen-bond acceptors (Lipinski definition) is 4. The van der Waals surface area contributed by atoms with Crippen LogP contribution in [0.1, 0.15) is 24.4 Å². The second kappa shape index (κ2) is 4.74. The minimum atomic E-state index is -0.0710. The van der Waals surface area contributed by atoms with Gasteiger partial charge in [0.1, 0.15) is 18.1 Å². The highest BCUT2D eigenvalue weighted by Gasteiger charge is 2.39. The number of nitrogens with one attached hydrogen (secondary N) is 1. The summed E-state index contributed by atoms with van der Waals surface area (Å²) < 4.78 is 5.63. The third-order valence-corrected chi connectivity index (χ3v) is 4.00. The lowest BCUT2D eigenvalue weighted by Gasteiger charge is -2.28. The fourth-order valence-corrected chi connectivity index (χ4v) is 3.07. The first-order valence-corrected chi connectivity index (χ1v) is 6.64. The molecule has 1 aromatic carbocycles. The summed E-state index contributed by atoms with van der Waals surface area (Å²) in [6, 6.07) is 5.24. The van der Waals surface area contributed by atoms with Gasteiger partial charge < -0.3 is 15.2 Å². The maximum absolute atomic E-state index is 11.9. The molecule has 1 amide bonds. The van der Waals surface area contributed by atoms with E-state index in [1.807, 2.05) is 6.07 Å². The Balaban J connectivity index is 1.87. The number of likely N-dealkylation sites (tertiary alicyclic amines) is 1. The highest BCUT2D eigenvalue weighted by molar-refractivity contribution is 5.81. The van der Waals surface area contributed by atoms with Gasteiger partial charge in [0, 0.05) is 18.7 Å². The van der Waals surface area contributed by atoms with E-state index in [9.17, 15) is 9.90 Å². The number of fused-ring (bicyclic) bond motifs is 1. The molecule has 19 heavy (non-hydrogen) atoms. The van der Waals surface area contributed by atoms with E-state index < -0.39 is 0 Å². The van der Waals surface area contributed by atoms with Gasteiger partial charge in [-0.25, -0.2) is 0 Å². The molecular weight excluding hydrogens is 244 g/mol. The van der Waals surface area contributed by atoms with Crippen LogP contribution in [0, 0.1) is 0 Å². The van der Waals surface area contributed by atoms with E-state index in [1.165, 1.54) is 0 Å². The Morgan fingerprint density at radius 1 is 1.53 bits per heavy atom. The number of likely N-dealkylation sites (N-methyl/N-ethyl adjacent to an activating group) is 1. The monoisotopic (exact) mass is 262 g/mol. The molecule has 1 saturated heterocycles. The first kappa shape index (κ1) is 12.3. The van der Waals surface area contributed by atoms with E-state index in [0.717, 1.165) is 30.7 Å². The third-order valence-electron chi connectivity index (χ3n) is 4.00. The molecule has 0 spiro atoms. The van der Waals surface area contributed by atoms with Gasteiger partial charge in [0.15, 0.2) is 0 Å². The standard InChI is InChI=1S/C14H18N2O3/c1-15-14(18)11-3-2-6-16(11)12-8-19-13-7-9(17)4-5-10(12)13/h4-5,7,11-12,17H,2-3,6,8H2,1H3,(H,15,18). The molecule has 1 aromatic rings. The van der Waals surface area contributed by atoms with E-state index in [1.54, 1.807) is 19.2 Å². The Labute approximate surface area is 112 Å². The second-order valence-corrected chi connectivity index (χ2v) is 5.06. The quantitative estimate of drug-likeness (QED) is 0.836. The van der Waals surface area contributed by atoms with Gasteiger partial charge in [-0.1, -0.05) is 0 Å². The van der Waals surface area contributed by atoms with E-state index in [2.05, 4.69) is 10.2 Å². The molecule has 0 aromatic heterocycles.